The second-order valence-corrected chi connectivity index (χ2v) is 8.74. The lowest BCUT2D eigenvalue weighted by Gasteiger charge is -2.35. The molecule has 0 aromatic heterocycles. The van der Waals surface area contributed by atoms with E-state index in [2.05, 4.69) is 4.90 Å². The summed E-state index contributed by atoms with van der Waals surface area (Å²) >= 11 is 0. The number of piperazine rings is 1. The number of halogens is 1. The van der Waals surface area contributed by atoms with Gasteiger partial charge in [0, 0.05) is 38.1 Å². The summed E-state index contributed by atoms with van der Waals surface area (Å²) in [5, 5.41) is 10.7. The number of nitrogens with two attached hydrogens (primary N) is 1. The van der Waals surface area contributed by atoms with Crippen molar-refractivity contribution in [2.45, 2.75) is 57.3 Å². The quantitative estimate of drug-likeness (QED) is 0.675. The highest BCUT2D eigenvalue weighted by atomic mass is 19.1. The molecule has 3 atom stereocenters. The van der Waals surface area contributed by atoms with Crippen molar-refractivity contribution in [3.8, 4) is 0 Å². The predicted molar refractivity (Wildman–Crippen MR) is 111 cm³/mol. The van der Waals surface area contributed by atoms with E-state index in [1.807, 2.05) is 42.3 Å². The van der Waals surface area contributed by atoms with Crippen LogP contribution in [0.15, 0.2) is 30.3 Å². The Bertz CT molecular complexity index is 598. The standard InChI is InChI=1S/C22H36FN3O2/c1-22(2,23)10-9-18(21(28)26-13-11-25(3)12-14-26)16-20(27)19(24)15-17-7-5-4-6-8-17/h4-8,18-20,27H,9-16,24H2,1-3H3/t18-,19+,20+/m1/s1. The maximum atomic E-state index is 14.1. The van der Waals surface area contributed by atoms with Crippen molar-refractivity contribution in [3.05, 3.63) is 35.9 Å². The summed E-state index contributed by atoms with van der Waals surface area (Å²) in [6, 6.07) is 9.32. The molecule has 1 amide bonds. The molecule has 0 spiro atoms. The molecule has 0 bridgehead atoms. The smallest absolute Gasteiger partial charge is 0.225 e. The molecule has 0 aliphatic carbocycles. The normalized spacial score (nSPS) is 19.3. The fraction of sp³-hybridized carbons (Fsp3) is 0.682. The van der Waals surface area contributed by atoms with Gasteiger partial charge in [0.1, 0.15) is 5.67 Å². The van der Waals surface area contributed by atoms with Crippen molar-refractivity contribution in [1.82, 2.24) is 9.80 Å². The number of hydrogen-bond donors (Lipinski definition) is 2. The Morgan fingerprint density at radius 3 is 2.39 bits per heavy atom. The number of aliphatic hydroxyl groups excluding tert-OH is 1. The summed E-state index contributed by atoms with van der Waals surface area (Å²) in [5.74, 6) is -0.390. The van der Waals surface area contributed by atoms with Gasteiger partial charge in [0.05, 0.1) is 6.10 Å². The van der Waals surface area contributed by atoms with Crippen molar-refractivity contribution in [3.63, 3.8) is 0 Å². The van der Waals surface area contributed by atoms with Crippen LogP contribution in [0, 0.1) is 5.92 Å². The van der Waals surface area contributed by atoms with Gasteiger partial charge in [-0.1, -0.05) is 30.3 Å². The lowest BCUT2D eigenvalue weighted by molar-refractivity contribution is -0.138. The number of aliphatic hydroxyl groups is 1. The van der Waals surface area contributed by atoms with E-state index in [1.54, 1.807) is 0 Å². The molecule has 0 unspecified atom stereocenters. The van der Waals surface area contributed by atoms with Gasteiger partial charge >= 0.3 is 0 Å². The van der Waals surface area contributed by atoms with E-state index in [4.69, 9.17) is 5.73 Å². The van der Waals surface area contributed by atoms with Crippen LogP contribution >= 0.6 is 0 Å². The minimum Gasteiger partial charge on any atom is -0.391 e. The molecule has 1 aliphatic heterocycles. The summed E-state index contributed by atoms with van der Waals surface area (Å²) in [6.45, 7) is 6.09. The zero-order chi connectivity index (χ0) is 20.7. The number of nitrogens with zero attached hydrogens (tertiary/aromatic N) is 2. The van der Waals surface area contributed by atoms with Crippen molar-refractivity contribution in [2.24, 2.45) is 11.7 Å². The first-order chi connectivity index (χ1) is 13.2. The van der Waals surface area contributed by atoms with Crippen LogP contribution in [-0.2, 0) is 11.2 Å². The molecular weight excluding hydrogens is 357 g/mol. The van der Waals surface area contributed by atoms with Gasteiger partial charge < -0.3 is 20.6 Å². The van der Waals surface area contributed by atoms with Gasteiger partial charge in [0.25, 0.3) is 0 Å². The molecule has 1 saturated heterocycles. The second-order valence-electron chi connectivity index (χ2n) is 8.74. The van der Waals surface area contributed by atoms with Crippen molar-refractivity contribution < 1.29 is 14.3 Å². The zero-order valence-corrected chi connectivity index (χ0v) is 17.5. The highest BCUT2D eigenvalue weighted by molar-refractivity contribution is 5.79. The van der Waals surface area contributed by atoms with Gasteiger partial charge in [-0.25, -0.2) is 4.39 Å². The van der Waals surface area contributed by atoms with Gasteiger partial charge in [-0.2, -0.15) is 0 Å². The Hall–Kier alpha value is -1.50. The van der Waals surface area contributed by atoms with E-state index in [1.165, 1.54) is 13.8 Å². The molecule has 2 rings (SSSR count). The highest BCUT2D eigenvalue weighted by Crippen LogP contribution is 2.25. The Kier molecular flexibility index (Phi) is 8.40. The number of likely N-dealkylation sites (N-methyl/N-ethyl adjacent to an activating group) is 1. The van der Waals surface area contributed by atoms with Crippen LogP contribution in [-0.4, -0.2) is 71.9 Å². The number of alkyl halides is 1. The number of amides is 1. The van der Waals surface area contributed by atoms with Crippen LogP contribution in [0.3, 0.4) is 0 Å². The Morgan fingerprint density at radius 1 is 1.21 bits per heavy atom. The third-order valence-electron chi connectivity index (χ3n) is 5.59. The highest BCUT2D eigenvalue weighted by Gasteiger charge is 2.31. The summed E-state index contributed by atoms with van der Waals surface area (Å²) in [7, 11) is 2.04. The van der Waals surface area contributed by atoms with Crippen LogP contribution < -0.4 is 5.73 Å². The summed E-state index contributed by atoms with van der Waals surface area (Å²) < 4.78 is 14.1. The molecule has 1 aromatic rings. The maximum Gasteiger partial charge on any atom is 0.225 e. The summed E-state index contributed by atoms with van der Waals surface area (Å²) in [4.78, 5) is 17.1. The summed E-state index contributed by atoms with van der Waals surface area (Å²) in [6.07, 6.45) is 0.729. The Morgan fingerprint density at radius 2 is 1.82 bits per heavy atom. The fourth-order valence-corrected chi connectivity index (χ4v) is 3.63. The molecule has 3 N–H and O–H groups in total. The van der Waals surface area contributed by atoms with E-state index in [-0.39, 0.29) is 18.7 Å². The molecule has 0 saturated carbocycles. The van der Waals surface area contributed by atoms with Crippen LogP contribution in [0.5, 0.6) is 0 Å². The van der Waals surface area contributed by atoms with Gasteiger partial charge in [0.15, 0.2) is 0 Å². The largest absolute Gasteiger partial charge is 0.391 e. The molecular formula is C22H36FN3O2. The molecule has 1 heterocycles. The predicted octanol–water partition coefficient (Wildman–Crippen LogP) is 2.23. The monoisotopic (exact) mass is 393 g/mol. The minimum atomic E-state index is -1.34. The lowest BCUT2D eigenvalue weighted by Crippen LogP contribution is -2.50. The first-order valence-electron chi connectivity index (χ1n) is 10.3. The van der Waals surface area contributed by atoms with Crippen LogP contribution in [0.2, 0.25) is 0 Å². The first kappa shape index (κ1) is 22.8. The van der Waals surface area contributed by atoms with Crippen LogP contribution in [0.25, 0.3) is 0 Å². The van der Waals surface area contributed by atoms with Gasteiger partial charge in [0.2, 0.25) is 5.91 Å². The fourth-order valence-electron chi connectivity index (χ4n) is 3.63. The van der Waals surface area contributed by atoms with Gasteiger partial charge in [-0.15, -0.1) is 0 Å². The van der Waals surface area contributed by atoms with E-state index in [0.717, 1.165) is 18.7 Å². The van der Waals surface area contributed by atoms with E-state index in [9.17, 15) is 14.3 Å². The average molecular weight is 394 g/mol. The first-order valence-corrected chi connectivity index (χ1v) is 10.3. The number of hydrogen-bond acceptors (Lipinski definition) is 4. The Labute approximate surface area is 168 Å². The molecule has 1 aliphatic rings. The van der Waals surface area contributed by atoms with E-state index in [0.29, 0.717) is 25.9 Å². The molecule has 6 heteroatoms. The average Bonchev–Trinajstić information content (AvgIpc) is 2.65. The molecule has 0 radical (unpaired) electrons. The number of carbonyl (C=O) groups excluding carboxylic acids is 1. The third kappa shape index (κ3) is 7.49. The topological polar surface area (TPSA) is 69.8 Å². The van der Waals surface area contributed by atoms with Crippen LogP contribution in [0.1, 0.15) is 38.7 Å². The van der Waals surface area contributed by atoms with Crippen LogP contribution in [0.4, 0.5) is 4.39 Å². The second kappa shape index (κ2) is 10.3. The SMILES string of the molecule is CN1CCN(C(=O)[C@H](CCC(C)(C)F)C[C@H](O)[C@@H](N)Cc2ccccc2)CC1. The van der Waals surface area contributed by atoms with Gasteiger partial charge in [-0.05, 0) is 52.1 Å². The number of carbonyl (C=O) groups is 1. The number of rotatable bonds is 9. The molecule has 28 heavy (non-hydrogen) atoms. The van der Waals surface area contributed by atoms with Crippen molar-refractivity contribution in [2.75, 3.05) is 33.2 Å². The van der Waals surface area contributed by atoms with Crippen molar-refractivity contribution >= 4 is 5.91 Å². The van der Waals surface area contributed by atoms with E-state index < -0.39 is 23.7 Å². The molecule has 1 aromatic carbocycles. The lowest BCUT2D eigenvalue weighted by atomic mass is 9.87. The number of benzene rings is 1. The molecule has 158 valence electrons. The van der Waals surface area contributed by atoms with E-state index >= 15 is 0 Å². The zero-order valence-electron chi connectivity index (χ0n) is 17.5. The molecule has 5 nitrogen and oxygen atoms in total. The maximum absolute atomic E-state index is 14.1. The Balaban J connectivity index is 2.00. The van der Waals surface area contributed by atoms with Crippen molar-refractivity contribution in [1.29, 1.82) is 0 Å². The molecule has 1 fully saturated rings. The van der Waals surface area contributed by atoms with Gasteiger partial charge in [-0.3, -0.25) is 4.79 Å². The third-order valence-corrected chi connectivity index (χ3v) is 5.59. The minimum absolute atomic E-state index is 0.0170. The summed E-state index contributed by atoms with van der Waals surface area (Å²) in [5.41, 5.74) is 5.94.